The molecule has 1 aliphatic carbocycles. The quantitative estimate of drug-likeness (QED) is 0.545. The standard InChI is InChI=1S/C21H27N3O3S/c1-4-27-20(26)17-11-7-8-12-18(17)23-19(25)13-28-21-22-14(2)15(3)24(21)16-9-5-6-10-16/h7-8,11-12,16H,4-6,9-10,13H2,1-3H3,(H,23,25). The highest BCUT2D eigenvalue weighted by Crippen LogP contribution is 2.35. The van der Waals surface area contributed by atoms with Gasteiger partial charge in [0.1, 0.15) is 0 Å². The highest BCUT2D eigenvalue weighted by atomic mass is 32.2. The zero-order chi connectivity index (χ0) is 20.1. The smallest absolute Gasteiger partial charge is 0.340 e. The number of rotatable bonds is 7. The van der Waals surface area contributed by atoms with Crippen molar-refractivity contribution in [2.75, 3.05) is 17.7 Å². The number of thioether (sulfide) groups is 1. The van der Waals surface area contributed by atoms with E-state index in [9.17, 15) is 9.59 Å². The first-order valence-electron chi connectivity index (χ1n) is 9.75. The summed E-state index contributed by atoms with van der Waals surface area (Å²) in [6, 6.07) is 7.38. The van der Waals surface area contributed by atoms with E-state index in [2.05, 4.69) is 21.8 Å². The Morgan fingerprint density at radius 3 is 2.68 bits per heavy atom. The summed E-state index contributed by atoms with van der Waals surface area (Å²) in [5, 5.41) is 3.73. The molecular weight excluding hydrogens is 374 g/mol. The normalized spacial score (nSPS) is 14.2. The first kappa shape index (κ1) is 20.5. The van der Waals surface area contributed by atoms with Gasteiger partial charge in [0.25, 0.3) is 0 Å². The Hall–Kier alpha value is -2.28. The summed E-state index contributed by atoms with van der Waals surface area (Å²) in [4.78, 5) is 29.3. The van der Waals surface area contributed by atoms with Crippen LogP contribution in [-0.4, -0.2) is 33.8 Å². The van der Waals surface area contributed by atoms with Gasteiger partial charge in [0.05, 0.1) is 29.3 Å². The Morgan fingerprint density at radius 2 is 1.96 bits per heavy atom. The topological polar surface area (TPSA) is 73.2 Å². The van der Waals surface area contributed by atoms with Crippen molar-refractivity contribution in [2.24, 2.45) is 0 Å². The second kappa shape index (κ2) is 9.28. The Morgan fingerprint density at radius 1 is 1.25 bits per heavy atom. The van der Waals surface area contributed by atoms with E-state index in [-0.39, 0.29) is 11.7 Å². The summed E-state index contributed by atoms with van der Waals surface area (Å²) >= 11 is 1.44. The Balaban J connectivity index is 1.68. The fourth-order valence-corrected chi connectivity index (χ4v) is 4.54. The lowest BCUT2D eigenvalue weighted by Crippen LogP contribution is -2.18. The number of nitrogens with one attached hydrogen (secondary N) is 1. The Bertz CT molecular complexity index is 857. The fourth-order valence-electron chi connectivity index (χ4n) is 3.59. The van der Waals surface area contributed by atoms with Crippen molar-refractivity contribution < 1.29 is 14.3 Å². The SMILES string of the molecule is CCOC(=O)c1ccccc1NC(=O)CSc1nc(C)c(C)n1C1CCCC1. The molecule has 2 aromatic rings. The minimum absolute atomic E-state index is 0.168. The number of imidazole rings is 1. The van der Waals surface area contributed by atoms with E-state index in [0.717, 1.165) is 10.9 Å². The molecule has 0 spiro atoms. The number of amides is 1. The van der Waals surface area contributed by atoms with Crippen molar-refractivity contribution in [3.8, 4) is 0 Å². The summed E-state index contributed by atoms with van der Waals surface area (Å²) in [6.07, 6.45) is 4.83. The predicted octanol–water partition coefficient (Wildman–Crippen LogP) is 4.52. The van der Waals surface area contributed by atoms with Crippen LogP contribution in [0.5, 0.6) is 0 Å². The van der Waals surface area contributed by atoms with Crippen molar-refractivity contribution in [2.45, 2.75) is 57.7 Å². The molecule has 1 aromatic carbocycles. The molecule has 0 atom stereocenters. The number of esters is 1. The van der Waals surface area contributed by atoms with Crippen LogP contribution in [0.1, 0.15) is 60.4 Å². The van der Waals surface area contributed by atoms with Crippen LogP contribution in [0.3, 0.4) is 0 Å². The van der Waals surface area contributed by atoms with Crippen LogP contribution in [0.25, 0.3) is 0 Å². The average molecular weight is 402 g/mol. The van der Waals surface area contributed by atoms with Gasteiger partial charge in [0.15, 0.2) is 5.16 Å². The maximum absolute atomic E-state index is 12.5. The number of ether oxygens (including phenoxy) is 1. The predicted molar refractivity (Wildman–Crippen MR) is 111 cm³/mol. The van der Waals surface area contributed by atoms with Crippen LogP contribution in [0.4, 0.5) is 5.69 Å². The van der Waals surface area contributed by atoms with Gasteiger partial charge >= 0.3 is 5.97 Å². The van der Waals surface area contributed by atoms with E-state index in [1.165, 1.54) is 43.1 Å². The summed E-state index contributed by atoms with van der Waals surface area (Å²) in [6.45, 7) is 6.16. The van der Waals surface area contributed by atoms with Crippen molar-refractivity contribution >= 4 is 29.3 Å². The van der Waals surface area contributed by atoms with Gasteiger partial charge in [0, 0.05) is 11.7 Å². The van der Waals surface area contributed by atoms with Gasteiger partial charge in [-0.3, -0.25) is 4.79 Å². The summed E-state index contributed by atoms with van der Waals surface area (Å²) in [7, 11) is 0. The highest BCUT2D eigenvalue weighted by molar-refractivity contribution is 7.99. The van der Waals surface area contributed by atoms with Crippen LogP contribution in [0.15, 0.2) is 29.4 Å². The molecule has 1 N–H and O–H groups in total. The van der Waals surface area contributed by atoms with Crippen LogP contribution >= 0.6 is 11.8 Å². The van der Waals surface area contributed by atoms with E-state index in [1.54, 1.807) is 31.2 Å². The molecule has 7 heteroatoms. The number of carbonyl (C=O) groups excluding carboxylic acids is 2. The molecule has 1 heterocycles. The number of hydrogen-bond donors (Lipinski definition) is 1. The Labute approximate surface area is 170 Å². The average Bonchev–Trinajstić information content (AvgIpc) is 3.29. The molecule has 1 aliphatic rings. The van der Waals surface area contributed by atoms with Crippen LogP contribution in [-0.2, 0) is 9.53 Å². The van der Waals surface area contributed by atoms with Crippen LogP contribution in [0, 0.1) is 13.8 Å². The number of aromatic nitrogens is 2. The summed E-state index contributed by atoms with van der Waals surface area (Å²) in [5.41, 5.74) is 3.03. The van der Waals surface area contributed by atoms with Gasteiger partial charge in [-0.25, -0.2) is 9.78 Å². The minimum atomic E-state index is -0.436. The number of aryl methyl sites for hydroxylation is 1. The fraction of sp³-hybridized carbons (Fsp3) is 0.476. The van der Waals surface area contributed by atoms with Gasteiger partial charge < -0.3 is 14.6 Å². The maximum Gasteiger partial charge on any atom is 0.340 e. The molecule has 0 bridgehead atoms. The molecule has 0 unspecified atom stereocenters. The molecule has 0 radical (unpaired) electrons. The molecule has 3 rings (SSSR count). The van der Waals surface area contributed by atoms with Gasteiger partial charge in [-0.2, -0.15) is 0 Å². The number of hydrogen-bond acceptors (Lipinski definition) is 5. The second-order valence-corrected chi connectivity index (χ2v) is 7.92. The third-order valence-electron chi connectivity index (χ3n) is 5.07. The van der Waals surface area contributed by atoms with E-state index in [4.69, 9.17) is 4.74 Å². The monoisotopic (exact) mass is 401 g/mol. The van der Waals surface area contributed by atoms with Crippen molar-refractivity contribution in [3.63, 3.8) is 0 Å². The van der Waals surface area contributed by atoms with E-state index >= 15 is 0 Å². The van der Waals surface area contributed by atoms with Gasteiger partial charge in [0.2, 0.25) is 5.91 Å². The van der Waals surface area contributed by atoms with Crippen LogP contribution < -0.4 is 5.32 Å². The Kier molecular flexibility index (Phi) is 6.78. The number of benzene rings is 1. The van der Waals surface area contributed by atoms with E-state index in [1.807, 2.05) is 6.92 Å². The lowest BCUT2D eigenvalue weighted by molar-refractivity contribution is -0.113. The summed E-state index contributed by atoms with van der Waals surface area (Å²) in [5.74, 6) is -0.369. The van der Waals surface area contributed by atoms with Gasteiger partial charge in [-0.15, -0.1) is 0 Å². The molecule has 1 saturated carbocycles. The molecular formula is C21H27N3O3S. The van der Waals surface area contributed by atoms with E-state index in [0.29, 0.717) is 23.9 Å². The van der Waals surface area contributed by atoms with Crippen LogP contribution in [0.2, 0.25) is 0 Å². The molecule has 28 heavy (non-hydrogen) atoms. The first-order valence-corrected chi connectivity index (χ1v) is 10.7. The third-order valence-corrected chi connectivity index (χ3v) is 6.03. The number of anilines is 1. The highest BCUT2D eigenvalue weighted by Gasteiger charge is 2.23. The maximum atomic E-state index is 12.5. The third kappa shape index (κ3) is 4.58. The van der Waals surface area contributed by atoms with E-state index < -0.39 is 5.97 Å². The number of carbonyl (C=O) groups is 2. The second-order valence-electron chi connectivity index (χ2n) is 6.98. The van der Waals surface area contributed by atoms with Crippen molar-refractivity contribution in [1.82, 2.24) is 9.55 Å². The lowest BCUT2D eigenvalue weighted by atomic mass is 10.2. The number of para-hydroxylation sites is 1. The first-order chi connectivity index (χ1) is 13.5. The van der Waals surface area contributed by atoms with Gasteiger partial charge in [-0.1, -0.05) is 36.7 Å². The minimum Gasteiger partial charge on any atom is -0.462 e. The lowest BCUT2D eigenvalue weighted by Gasteiger charge is -2.17. The summed E-state index contributed by atoms with van der Waals surface area (Å²) < 4.78 is 7.36. The molecule has 0 saturated heterocycles. The zero-order valence-corrected chi connectivity index (χ0v) is 17.5. The molecule has 1 aromatic heterocycles. The zero-order valence-electron chi connectivity index (χ0n) is 16.7. The molecule has 1 amide bonds. The van der Waals surface area contributed by atoms with Crippen molar-refractivity contribution in [3.05, 3.63) is 41.2 Å². The molecule has 6 nitrogen and oxygen atoms in total. The molecule has 150 valence electrons. The molecule has 1 fully saturated rings. The van der Waals surface area contributed by atoms with Crippen molar-refractivity contribution in [1.29, 1.82) is 0 Å². The number of nitrogens with zero attached hydrogens (tertiary/aromatic N) is 2. The molecule has 0 aliphatic heterocycles. The van der Waals surface area contributed by atoms with Gasteiger partial charge in [-0.05, 0) is 45.7 Å². The largest absolute Gasteiger partial charge is 0.462 e.